The van der Waals surface area contributed by atoms with Crippen LogP contribution in [0.4, 0.5) is 0 Å². The number of thiazole rings is 1. The number of likely N-dealkylation sites (N-methyl/N-ethyl adjacent to an activating group) is 1. The normalized spacial score (nSPS) is 13.4. The molecular weight excluding hydrogens is 210 g/mol. The topological polar surface area (TPSA) is 51.4 Å². The highest BCUT2D eigenvalue weighted by molar-refractivity contribution is 7.11. The Labute approximate surface area is 95.1 Å². The maximum Gasteiger partial charge on any atom is 0.107 e. The molecule has 1 unspecified atom stereocenters. The molecule has 2 N–H and O–H groups in total. The van der Waals surface area contributed by atoms with Gasteiger partial charge in [0.2, 0.25) is 0 Å². The van der Waals surface area contributed by atoms with Gasteiger partial charge in [-0.1, -0.05) is 0 Å². The van der Waals surface area contributed by atoms with Crippen LogP contribution in [0.5, 0.6) is 0 Å². The number of hydrogen-bond acceptors (Lipinski definition) is 5. The van der Waals surface area contributed by atoms with Crippen LogP contribution in [-0.4, -0.2) is 36.6 Å². The standard InChI is InChI=1S/C10H19N3OS/c1-8(4-11)13(2)6-10-12-5-9(15-10)7-14-3/h5,8H,4,6-7,11H2,1-3H3. The predicted molar refractivity (Wildman–Crippen MR) is 62.8 cm³/mol. The highest BCUT2D eigenvalue weighted by atomic mass is 32.1. The van der Waals surface area contributed by atoms with Crippen LogP contribution in [0.2, 0.25) is 0 Å². The van der Waals surface area contributed by atoms with E-state index in [1.165, 1.54) is 4.88 Å². The minimum atomic E-state index is 0.389. The van der Waals surface area contributed by atoms with Crippen LogP contribution < -0.4 is 5.73 Å². The molecule has 0 aliphatic carbocycles. The van der Waals surface area contributed by atoms with Crippen molar-refractivity contribution in [2.45, 2.75) is 26.1 Å². The summed E-state index contributed by atoms with van der Waals surface area (Å²) in [7, 11) is 3.76. The Hall–Kier alpha value is -0.490. The molecule has 0 spiro atoms. The van der Waals surface area contributed by atoms with Gasteiger partial charge in [-0.3, -0.25) is 4.90 Å². The molecule has 1 aromatic rings. The Kier molecular flexibility index (Phi) is 5.17. The first-order valence-corrected chi connectivity index (χ1v) is 5.81. The van der Waals surface area contributed by atoms with Gasteiger partial charge in [0.05, 0.1) is 18.0 Å². The minimum Gasteiger partial charge on any atom is -0.379 e. The van der Waals surface area contributed by atoms with Gasteiger partial charge in [-0.15, -0.1) is 11.3 Å². The zero-order valence-corrected chi connectivity index (χ0v) is 10.4. The summed E-state index contributed by atoms with van der Waals surface area (Å²) in [5.41, 5.74) is 5.60. The Morgan fingerprint density at radius 2 is 2.40 bits per heavy atom. The lowest BCUT2D eigenvalue weighted by molar-refractivity contribution is 0.187. The van der Waals surface area contributed by atoms with E-state index in [1.54, 1.807) is 18.4 Å². The molecule has 1 rings (SSSR count). The molecule has 1 aromatic heterocycles. The average Bonchev–Trinajstić information content (AvgIpc) is 2.65. The first-order valence-electron chi connectivity index (χ1n) is 5.00. The molecule has 0 saturated carbocycles. The second-order valence-corrected chi connectivity index (χ2v) is 4.85. The first kappa shape index (κ1) is 12.6. The maximum absolute atomic E-state index is 5.60. The molecule has 5 heteroatoms. The van der Waals surface area contributed by atoms with E-state index in [2.05, 4.69) is 23.9 Å². The van der Waals surface area contributed by atoms with E-state index in [-0.39, 0.29) is 0 Å². The minimum absolute atomic E-state index is 0.389. The Balaban J connectivity index is 2.49. The van der Waals surface area contributed by atoms with Gasteiger partial charge >= 0.3 is 0 Å². The lowest BCUT2D eigenvalue weighted by Gasteiger charge is -2.21. The van der Waals surface area contributed by atoms with Crippen molar-refractivity contribution < 1.29 is 4.74 Å². The van der Waals surface area contributed by atoms with Gasteiger partial charge in [0.1, 0.15) is 5.01 Å². The fourth-order valence-electron chi connectivity index (χ4n) is 1.18. The summed E-state index contributed by atoms with van der Waals surface area (Å²) in [4.78, 5) is 7.72. The summed E-state index contributed by atoms with van der Waals surface area (Å²) in [6.45, 7) is 4.29. The van der Waals surface area contributed by atoms with Crippen LogP contribution in [0.3, 0.4) is 0 Å². The molecular formula is C10H19N3OS. The largest absolute Gasteiger partial charge is 0.379 e. The van der Waals surface area contributed by atoms with Gasteiger partial charge in [0.25, 0.3) is 0 Å². The second kappa shape index (κ2) is 6.17. The Morgan fingerprint density at radius 1 is 1.67 bits per heavy atom. The third-order valence-electron chi connectivity index (χ3n) is 2.37. The van der Waals surface area contributed by atoms with Crippen LogP contribution in [0.15, 0.2) is 6.20 Å². The molecule has 0 saturated heterocycles. The molecule has 4 nitrogen and oxygen atoms in total. The number of ether oxygens (including phenoxy) is 1. The summed E-state index contributed by atoms with van der Waals surface area (Å²) in [5, 5.41) is 1.12. The predicted octanol–water partition coefficient (Wildman–Crippen LogP) is 1.07. The Bertz CT molecular complexity index is 290. The number of nitrogens with two attached hydrogens (primary N) is 1. The number of aromatic nitrogens is 1. The van der Waals surface area contributed by atoms with Gasteiger partial charge in [-0.25, -0.2) is 4.98 Å². The van der Waals surface area contributed by atoms with E-state index in [0.29, 0.717) is 19.2 Å². The van der Waals surface area contributed by atoms with Gasteiger partial charge < -0.3 is 10.5 Å². The van der Waals surface area contributed by atoms with E-state index >= 15 is 0 Å². The fourth-order valence-corrected chi connectivity index (χ4v) is 2.14. The van der Waals surface area contributed by atoms with Crippen molar-refractivity contribution in [3.05, 3.63) is 16.1 Å². The van der Waals surface area contributed by atoms with Crippen molar-refractivity contribution in [1.82, 2.24) is 9.88 Å². The van der Waals surface area contributed by atoms with E-state index in [1.807, 2.05) is 6.20 Å². The maximum atomic E-state index is 5.60. The summed E-state index contributed by atoms with van der Waals surface area (Å²) < 4.78 is 5.05. The zero-order chi connectivity index (χ0) is 11.3. The summed E-state index contributed by atoms with van der Waals surface area (Å²) in [5.74, 6) is 0. The average molecular weight is 229 g/mol. The monoisotopic (exact) mass is 229 g/mol. The molecule has 0 aliphatic heterocycles. The van der Waals surface area contributed by atoms with E-state index < -0.39 is 0 Å². The second-order valence-electron chi connectivity index (χ2n) is 3.65. The van der Waals surface area contributed by atoms with Crippen molar-refractivity contribution >= 4 is 11.3 Å². The van der Waals surface area contributed by atoms with Crippen LogP contribution >= 0.6 is 11.3 Å². The molecule has 1 heterocycles. The molecule has 15 heavy (non-hydrogen) atoms. The molecule has 1 atom stereocenters. The summed E-state index contributed by atoms with van der Waals surface area (Å²) >= 11 is 1.70. The van der Waals surface area contributed by atoms with E-state index in [9.17, 15) is 0 Å². The van der Waals surface area contributed by atoms with Crippen LogP contribution in [0, 0.1) is 0 Å². The van der Waals surface area contributed by atoms with Crippen molar-refractivity contribution in [3.8, 4) is 0 Å². The van der Waals surface area contributed by atoms with Crippen molar-refractivity contribution in [1.29, 1.82) is 0 Å². The zero-order valence-electron chi connectivity index (χ0n) is 9.56. The van der Waals surface area contributed by atoms with Crippen molar-refractivity contribution in [2.75, 3.05) is 20.7 Å². The van der Waals surface area contributed by atoms with Crippen LogP contribution in [0.1, 0.15) is 16.8 Å². The third-order valence-corrected chi connectivity index (χ3v) is 3.32. The van der Waals surface area contributed by atoms with Crippen molar-refractivity contribution in [2.24, 2.45) is 5.73 Å². The highest BCUT2D eigenvalue weighted by Crippen LogP contribution is 2.15. The quantitative estimate of drug-likeness (QED) is 0.793. The van der Waals surface area contributed by atoms with Crippen LogP contribution in [-0.2, 0) is 17.9 Å². The first-order chi connectivity index (χ1) is 7.17. The van der Waals surface area contributed by atoms with Crippen LogP contribution in [0.25, 0.3) is 0 Å². The lowest BCUT2D eigenvalue weighted by atomic mass is 10.3. The van der Waals surface area contributed by atoms with Gasteiger partial charge in [0, 0.05) is 25.9 Å². The number of methoxy groups -OCH3 is 1. The molecule has 0 aromatic carbocycles. The molecule has 0 aliphatic rings. The van der Waals surface area contributed by atoms with E-state index in [4.69, 9.17) is 10.5 Å². The Morgan fingerprint density at radius 3 is 3.00 bits per heavy atom. The lowest BCUT2D eigenvalue weighted by Crippen LogP contribution is -2.34. The van der Waals surface area contributed by atoms with Crippen molar-refractivity contribution in [3.63, 3.8) is 0 Å². The van der Waals surface area contributed by atoms with Gasteiger partial charge in [-0.05, 0) is 14.0 Å². The van der Waals surface area contributed by atoms with E-state index in [0.717, 1.165) is 11.6 Å². The highest BCUT2D eigenvalue weighted by Gasteiger charge is 2.10. The third kappa shape index (κ3) is 3.87. The molecule has 0 amide bonds. The fraction of sp³-hybridized carbons (Fsp3) is 0.700. The number of rotatable bonds is 6. The number of nitrogens with zero attached hydrogens (tertiary/aromatic N) is 2. The summed E-state index contributed by atoms with van der Waals surface area (Å²) in [6, 6.07) is 0.389. The smallest absolute Gasteiger partial charge is 0.107 e. The molecule has 86 valence electrons. The molecule has 0 radical (unpaired) electrons. The molecule has 0 bridgehead atoms. The SMILES string of the molecule is COCc1cnc(CN(C)C(C)CN)s1. The number of hydrogen-bond donors (Lipinski definition) is 1. The molecule has 0 fully saturated rings. The van der Waals surface area contributed by atoms with Gasteiger partial charge in [0.15, 0.2) is 0 Å². The summed E-state index contributed by atoms with van der Waals surface area (Å²) in [6.07, 6.45) is 1.88. The van der Waals surface area contributed by atoms with Gasteiger partial charge in [-0.2, -0.15) is 0 Å².